The molecule has 2 N–H and O–H groups in total. The summed E-state index contributed by atoms with van der Waals surface area (Å²) < 4.78 is 50.6. The monoisotopic (exact) mass is 1870 g/mol. The molecule has 9 aromatic carbocycles. The number of benzene rings is 9. The maximum atomic E-state index is 14.3. The number of ether oxygens (including phenoxy) is 3. The minimum Gasteiger partial charge on any atom is -0.495 e. The summed E-state index contributed by atoms with van der Waals surface area (Å²) in [5, 5.41) is 11.2. The highest BCUT2D eigenvalue weighted by molar-refractivity contribution is 7.93. The average Bonchev–Trinajstić information content (AvgIpc) is 1.55. The van der Waals surface area contributed by atoms with Gasteiger partial charge in [0, 0.05) is 134 Å². The molecular formula is C108H121Cl2N11O12S. The maximum Gasteiger partial charge on any atom is 0.274 e. The van der Waals surface area contributed by atoms with Gasteiger partial charge < -0.3 is 49.0 Å². The molecule has 1 unspecified atom stereocenters. The van der Waals surface area contributed by atoms with E-state index < -0.39 is 21.3 Å². The number of nitrogens with one attached hydrogen (secondary N) is 2. The number of aryl methyl sites for hydroxylation is 3. The quantitative estimate of drug-likeness (QED) is 0.0715. The zero-order valence-corrected chi connectivity index (χ0v) is 80.6. The lowest BCUT2D eigenvalue weighted by molar-refractivity contribution is -0.124. The van der Waals surface area contributed by atoms with E-state index in [0.717, 1.165) is 150 Å². The lowest BCUT2D eigenvalue weighted by Gasteiger charge is -2.36. The fourth-order valence-electron chi connectivity index (χ4n) is 19.2. The molecule has 1 aliphatic carbocycles. The van der Waals surface area contributed by atoms with E-state index in [1.165, 1.54) is 43.7 Å². The Morgan fingerprint density at radius 1 is 0.597 bits per heavy atom. The van der Waals surface area contributed by atoms with Gasteiger partial charge in [-0.2, -0.15) is 5.10 Å². The number of hydrogen-bond donors (Lipinski definition) is 2. The van der Waals surface area contributed by atoms with Gasteiger partial charge in [0.2, 0.25) is 5.91 Å². The molecule has 6 amide bonds. The number of methoxy groups -OCH3 is 1. The summed E-state index contributed by atoms with van der Waals surface area (Å²) in [6.07, 6.45) is 13.2. The number of para-hydroxylation sites is 3. The van der Waals surface area contributed by atoms with Crippen LogP contribution < -0.4 is 39.3 Å². The first-order valence-electron chi connectivity index (χ1n) is 46.8. The van der Waals surface area contributed by atoms with Gasteiger partial charge in [0.1, 0.15) is 10.6 Å². The van der Waals surface area contributed by atoms with Gasteiger partial charge >= 0.3 is 0 Å². The predicted octanol–water partition coefficient (Wildman–Crippen LogP) is 20.9. The number of aromatic nitrogens is 3. The lowest BCUT2D eigenvalue weighted by Crippen LogP contribution is -2.46. The highest BCUT2D eigenvalue weighted by Crippen LogP contribution is 2.53. The van der Waals surface area contributed by atoms with E-state index in [4.69, 9.17) is 37.4 Å². The SMILES string of the molecule is CC(C)NC(=O)C[C@H]1CCCN(C(=O)c2ccc(N3CCCC3)cc2Cl)c2ccccc21.COc1cc(C(=O)CC(C)(C)C)ccc1S(=O)(=O)N1C(=O)C2(CCC(OCCN3CCOCC3)CC2)c2cc(C)ccc21.Cc1ccccc1C(=O)Nc1ccc(C(=O)N2CCCC(C)c3ccccc32)cc1.Cc1ccn(-c2ccc(C(=O)N3Cc4cccn4Cc4ccccc43)c(Cl)c2)n1. The fourth-order valence-corrected chi connectivity index (χ4v) is 21.4. The predicted molar refractivity (Wildman–Crippen MR) is 530 cm³/mol. The molecule has 11 aromatic rings. The molecule has 2 atom stereocenters. The molecule has 26 heteroatoms. The van der Waals surface area contributed by atoms with Crippen LogP contribution in [-0.2, 0) is 47.6 Å². The van der Waals surface area contributed by atoms with Crippen LogP contribution in [0.25, 0.3) is 5.69 Å². The number of morpholine rings is 1. The normalized spacial score (nSPS) is 18.1. The summed E-state index contributed by atoms with van der Waals surface area (Å²) in [6, 6.07) is 66.0. The fraction of sp³-hybridized carbons (Fsp3) is 0.370. The number of anilines is 6. The van der Waals surface area contributed by atoms with Gasteiger partial charge in [-0.3, -0.25) is 38.5 Å². The molecular weight excluding hydrogens is 1750 g/mol. The summed E-state index contributed by atoms with van der Waals surface area (Å²) in [5.74, 6) is -0.252. The van der Waals surface area contributed by atoms with E-state index in [1.807, 2.05) is 210 Å². The molecule has 700 valence electrons. The van der Waals surface area contributed by atoms with Gasteiger partial charge in [-0.1, -0.05) is 141 Å². The molecule has 1 spiro atoms. The number of hydrogen-bond acceptors (Lipinski definition) is 15. The first-order valence-corrected chi connectivity index (χ1v) is 49.0. The molecule has 1 saturated carbocycles. The third kappa shape index (κ3) is 22.1. The number of rotatable bonds is 19. The van der Waals surface area contributed by atoms with Crippen molar-refractivity contribution in [3.8, 4) is 11.4 Å². The van der Waals surface area contributed by atoms with Gasteiger partial charge in [-0.05, 0) is 271 Å². The van der Waals surface area contributed by atoms with E-state index in [0.29, 0.717) is 120 Å². The van der Waals surface area contributed by atoms with Crippen LogP contribution in [0.4, 0.5) is 34.1 Å². The summed E-state index contributed by atoms with van der Waals surface area (Å²) >= 11 is 13.2. The first-order chi connectivity index (χ1) is 64.4. The van der Waals surface area contributed by atoms with Crippen LogP contribution >= 0.6 is 23.2 Å². The van der Waals surface area contributed by atoms with Crippen molar-refractivity contribution in [2.75, 3.05) is 102 Å². The van der Waals surface area contributed by atoms with E-state index in [1.54, 1.807) is 53.2 Å². The summed E-state index contributed by atoms with van der Waals surface area (Å²) in [4.78, 5) is 103. The number of sulfonamides is 1. The zero-order chi connectivity index (χ0) is 94.7. The Morgan fingerprint density at radius 2 is 1.22 bits per heavy atom. The Labute approximate surface area is 797 Å². The number of ketones is 1. The molecule has 2 aromatic heterocycles. The van der Waals surface area contributed by atoms with Gasteiger partial charge in [-0.15, -0.1) is 0 Å². The van der Waals surface area contributed by atoms with Crippen molar-refractivity contribution in [2.45, 2.75) is 187 Å². The molecule has 0 bridgehead atoms. The topological polar surface area (TPSA) is 248 Å². The number of carbonyl (C=O) groups excluding carboxylic acids is 7. The van der Waals surface area contributed by atoms with E-state index in [2.05, 4.69) is 55.2 Å². The van der Waals surface area contributed by atoms with Crippen LogP contribution in [-0.4, -0.2) is 154 Å². The molecule has 134 heavy (non-hydrogen) atoms. The third-order valence-electron chi connectivity index (χ3n) is 26.3. The van der Waals surface area contributed by atoms with Crippen molar-refractivity contribution in [2.24, 2.45) is 5.41 Å². The van der Waals surface area contributed by atoms with E-state index >= 15 is 0 Å². The second-order valence-corrected chi connectivity index (χ2v) is 40.1. The molecule has 8 heterocycles. The van der Waals surface area contributed by atoms with E-state index in [9.17, 15) is 42.0 Å². The minimum absolute atomic E-state index is 0.00618. The highest BCUT2D eigenvalue weighted by Gasteiger charge is 2.56. The molecule has 3 fully saturated rings. The van der Waals surface area contributed by atoms with Crippen molar-refractivity contribution in [1.29, 1.82) is 0 Å². The maximum absolute atomic E-state index is 14.3. The minimum atomic E-state index is -4.35. The van der Waals surface area contributed by atoms with Crippen LogP contribution in [0.5, 0.6) is 5.75 Å². The van der Waals surface area contributed by atoms with Gasteiger partial charge in [0.15, 0.2) is 5.78 Å². The number of carbonyl (C=O) groups is 7. The van der Waals surface area contributed by atoms with Crippen LogP contribution in [0.15, 0.2) is 230 Å². The van der Waals surface area contributed by atoms with E-state index in [-0.39, 0.29) is 69.4 Å². The van der Waals surface area contributed by atoms with Crippen molar-refractivity contribution in [1.82, 2.24) is 24.6 Å². The van der Waals surface area contributed by atoms with Gasteiger partial charge in [-0.25, -0.2) is 17.4 Å². The summed E-state index contributed by atoms with van der Waals surface area (Å²) in [6.45, 7) is 27.3. The number of halogens is 2. The van der Waals surface area contributed by atoms with Crippen molar-refractivity contribution in [3.63, 3.8) is 0 Å². The smallest absolute Gasteiger partial charge is 0.274 e. The first kappa shape index (κ1) is 96.5. The second kappa shape index (κ2) is 42.7. The number of amides is 6. The Balaban J connectivity index is 0.000000138. The van der Waals surface area contributed by atoms with Crippen LogP contribution in [0.2, 0.25) is 10.0 Å². The molecule has 18 rings (SSSR count). The summed E-state index contributed by atoms with van der Waals surface area (Å²) in [5.41, 5.74) is 15.3. The average molecular weight is 1870 g/mol. The number of nitrogens with zero attached hydrogens (tertiary/aromatic N) is 9. The van der Waals surface area contributed by atoms with Crippen molar-refractivity contribution < 1.29 is 56.2 Å². The standard InChI is InChI=1S/C33H44N2O7S.C26H32ClN3O2.C26H26N2O2.C23H19ClN4O/c1-23-6-8-27-26(20-23)33(12-10-25(11-13-33)42-19-16-34-14-17-41-18-15-34)31(37)35(27)43(38,39)30-9-7-24(21-29(30)40-5)28(36)22-32(2,3)4;1-18(2)28-25(31)16-19-8-7-15-30(24-10-4-3-9-21(19)24)26(32)22-12-11-20(17-23(22)27)29-13-5-6-14-29;1-18-9-7-17-28(24-12-6-5-10-22(18)24)26(30)20-13-15-21(16-14-20)27-25(29)23-11-4-3-8-19(23)2;1-16-10-12-28(25-16)18-8-9-20(21(24)13-18)23(29)27-15-19-6-4-11-26(19)14-17-5-2-3-7-22(17)27/h6-9,20-21,25H,10-19,22H2,1-5H3;3-4,9-12,17-19H,5-8,13-16H2,1-2H3,(H,28,31);3-6,8,10-16,18H,7,9,17H2,1-2H3,(H,27,29);2-13H,14-15H2,1H3/t;19-;;/m.1../s1. The van der Waals surface area contributed by atoms with Crippen LogP contribution in [0.3, 0.4) is 0 Å². The summed E-state index contributed by atoms with van der Waals surface area (Å²) in [7, 11) is -2.98. The molecule has 6 aliphatic heterocycles. The Bertz CT molecular complexity index is 6240. The largest absolute Gasteiger partial charge is 0.495 e. The van der Waals surface area contributed by atoms with Crippen molar-refractivity contribution in [3.05, 3.63) is 307 Å². The van der Waals surface area contributed by atoms with Gasteiger partial charge in [0.25, 0.3) is 39.6 Å². The Hall–Kier alpha value is -12.0. The highest BCUT2D eigenvalue weighted by atomic mass is 35.5. The molecule has 7 aliphatic rings. The second-order valence-electron chi connectivity index (χ2n) is 37.5. The number of fused-ring (bicyclic) bond motifs is 6. The van der Waals surface area contributed by atoms with Gasteiger partial charge in [0.05, 0.1) is 83.2 Å². The van der Waals surface area contributed by atoms with Crippen LogP contribution in [0.1, 0.15) is 227 Å². The molecule has 2 saturated heterocycles. The van der Waals surface area contributed by atoms with Crippen LogP contribution in [0, 0.1) is 26.2 Å². The lowest BCUT2D eigenvalue weighted by atomic mass is 9.69. The molecule has 0 radical (unpaired) electrons. The Morgan fingerprint density at radius 3 is 1.90 bits per heavy atom. The van der Waals surface area contributed by atoms with Crippen molar-refractivity contribution >= 4 is 109 Å². The number of Topliss-reactive ketones (excluding diaryl/α,β-unsaturated/α-hetero) is 1. The third-order valence-corrected chi connectivity index (χ3v) is 28.7. The zero-order valence-electron chi connectivity index (χ0n) is 78.2. The Kier molecular flexibility index (Phi) is 30.8. The molecule has 23 nitrogen and oxygen atoms in total.